The van der Waals surface area contributed by atoms with Crippen molar-refractivity contribution in [3.63, 3.8) is 0 Å². The Morgan fingerprint density at radius 3 is 2.78 bits per heavy atom. The molecule has 0 aliphatic carbocycles. The molecule has 0 saturated heterocycles. The van der Waals surface area contributed by atoms with Crippen molar-refractivity contribution in [2.24, 2.45) is 0 Å². The van der Waals surface area contributed by atoms with Crippen molar-refractivity contribution in [3.8, 4) is 22.0 Å². The molecule has 0 atom stereocenters. The number of nitrogens with zero attached hydrogens (tertiary/aromatic N) is 3. The summed E-state index contributed by atoms with van der Waals surface area (Å²) >= 11 is 8.77. The number of carbonyl (C=O) groups excluding carboxylic acids is 1. The van der Waals surface area contributed by atoms with Crippen LogP contribution in [0, 0.1) is 0 Å². The molecule has 0 bridgehead atoms. The highest BCUT2D eigenvalue weighted by Gasteiger charge is 2.12. The first-order chi connectivity index (χ1) is 13.2. The number of carbonyl (C=O) groups is 1. The van der Waals surface area contributed by atoms with Gasteiger partial charge in [-0.3, -0.25) is 4.79 Å². The fraction of sp³-hybridized carbons (Fsp3) is 0.111. The van der Waals surface area contributed by atoms with E-state index < -0.39 is 0 Å². The highest BCUT2D eigenvalue weighted by molar-refractivity contribution is 7.20. The number of anilines is 1. The maximum absolute atomic E-state index is 12.2. The molecule has 0 spiro atoms. The fourth-order valence-electron chi connectivity index (χ4n) is 2.35. The molecular formula is C18H13ClN4O2S2. The maximum atomic E-state index is 12.2. The van der Waals surface area contributed by atoms with Crippen molar-refractivity contribution in [1.82, 2.24) is 15.2 Å². The minimum atomic E-state index is -0.153. The van der Waals surface area contributed by atoms with Crippen LogP contribution in [-0.2, 0) is 11.2 Å². The van der Waals surface area contributed by atoms with Gasteiger partial charge in [0.15, 0.2) is 5.13 Å². The first-order valence-electron chi connectivity index (χ1n) is 8.06. The monoisotopic (exact) mass is 416 g/mol. The smallest absolute Gasteiger partial charge is 0.247 e. The summed E-state index contributed by atoms with van der Waals surface area (Å²) in [6.07, 6.45) is 0.598. The molecule has 1 aromatic carbocycles. The number of benzene rings is 1. The standard InChI is InChI=1S/C18H13ClN4O2S2/c19-14-7-6-13(27-14)12-10-26-18(20-12)21-15(24)8-9-16-22-23-17(25-16)11-4-2-1-3-5-11/h1-7,10H,8-9H2,(H,20,21,24). The van der Waals surface area contributed by atoms with E-state index in [1.54, 1.807) is 0 Å². The van der Waals surface area contributed by atoms with Crippen LogP contribution in [0.3, 0.4) is 0 Å². The molecule has 0 aliphatic heterocycles. The average Bonchev–Trinajstić information content (AvgIpc) is 3.41. The number of aryl methyl sites for hydroxylation is 1. The Bertz CT molecular complexity index is 1060. The molecule has 0 saturated carbocycles. The van der Waals surface area contributed by atoms with Crippen molar-refractivity contribution in [1.29, 1.82) is 0 Å². The van der Waals surface area contributed by atoms with Gasteiger partial charge in [-0.2, -0.15) is 0 Å². The van der Waals surface area contributed by atoms with Gasteiger partial charge >= 0.3 is 0 Å². The second-order valence-electron chi connectivity index (χ2n) is 5.56. The number of thiophene rings is 1. The molecule has 27 heavy (non-hydrogen) atoms. The van der Waals surface area contributed by atoms with Crippen LogP contribution in [0.1, 0.15) is 12.3 Å². The third-order valence-electron chi connectivity index (χ3n) is 3.63. The van der Waals surface area contributed by atoms with Crippen LogP contribution < -0.4 is 5.32 Å². The molecule has 0 aliphatic rings. The Morgan fingerprint density at radius 2 is 2.00 bits per heavy atom. The normalized spacial score (nSPS) is 10.9. The van der Waals surface area contributed by atoms with Gasteiger partial charge < -0.3 is 9.73 Å². The van der Waals surface area contributed by atoms with Gasteiger partial charge in [0.1, 0.15) is 0 Å². The number of halogens is 1. The lowest BCUT2D eigenvalue weighted by atomic mass is 10.2. The van der Waals surface area contributed by atoms with E-state index in [4.69, 9.17) is 16.0 Å². The van der Waals surface area contributed by atoms with Gasteiger partial charge in [-0.05, 0) is 24.3 Å². The number of thiazole rings is 1. The summed E-state index contributed by atoms with van der Waals surface area (Å²) in [4.78, 5) is 17.5. The molecule has 6 nitrogen and oxygen atoms in total. The number of amides is 1. The Balaban J connectivity index is 1.33. The SMILES string of the molecule is O=C(CCc1nnc(-c2ccccc2)o1)Nc1nc(-c2ccc(Cl)s2)cs1. The lowest BCUT2D eigenvalue weighted by molar-refractivity contribution is -0.116. The predicted octanol–water partition coefficient (Wildman–Crippen LogP) is 5.15. The van der Waals surface area contributed by atoms with E-state index in [1.807, 2.05) is 47.8 Å². The Kier molecular flexibility index (Phi) is 5.28. The zero-order chi connectivity index (χ0) is 18.6. The van der Waals surface area contributed by atoms with Crippen molar-refractivity contribution >= 4 is 45.3 Å². The minimum absolute atomic E-state index is 0.153. The first kappa shape index (κ1) is 17.8. The van der Waals surface area contributed by atoms with Crippen LogP contribution in [0.5, 0.6) is 0 Å². The van der Waals surface area contributed by atoms with E-state index in [2.05, 4.69) is 20.5 Å². The first-order valence-corrected chi connectivity index (χ1v) is 10.1. The van der Waals surface area contributed by atoms with Crippen LogP contribution >= 0.6 is 34.3 Å². The molecular weight excluding hydrogens is 404 g/mol. The summed E-state index contributed by atoms with van der Waals surface area (Å²) in [5.41, 5.74) is 1.65. The number of aromatic nitrogens is 3. The molecule has 136 valence electrons. The Labute approximate surface area is 167 Å². The predicted molar refractivity (Wildman–Crippen MR) is 107 cm³/mol. The molecule has 9 heteroatoms. The van der Waals surface area contributed by atoms with E-state index in [-0.39, 0.29) is 12.3 Å². The summed E-state index contributed by atoms with van der Waals surface area (Å²) in [5, 5.41) is 13.3. The highest BCUT2D eigenvalue weighted by atomic mass is 35.5. The molecule has 0 unspecified atom stereocenters. The molecule has 1 amide bonds. The summed E-state index contributed by atoms with van der Waals surface area (Å²) in [6, 6.07) is 13.2. The van der Waals surface area contributed by atoms with Crippen LogP contribution in [0.4, 0.5) is 5.13 Å². The summed E-state index contributed by atoms with van der Waals surface area (Å²) < 4.78 is 6.31. The largest absolute Gasteiger partial charge is 0.421 e. The second-order valence-corrected chi connectivity index (χ2v) is 8.13. The van der Waals surface area contributed by atoms with Crippen LogP contribution in [0.15, 0.2) is 52.3 Å². The van der Waals surface area contributed by atoms with E-state index in [0.717, 1.165) is 16.1 Å². The summed E-state index contributed by atoms with van der Waals surface area (Å²) in [5.74, 6) is 0.724. The van der Waals surface area contributed by atoms with E-state index >= 15 is 0 Å². The van der Waals surface area contributed by atoms with E-state index in [1.165, 1.54) is 22.7 Å². The van der Waals surface area contributed by atoms with E-state index in [0.29, 0.717) is 27.7 Å². The van der Waals surface area contributed by atoms with Gasteiger partial charge in [-0.15, -0.1) is 32.9 Å². The second kappa shape index (κ2) is 7.99. The summed E-state index contributed by atoms with van der Waals surface area (Å²) in [7, 11) is 0. The zero-order valence-electron chi connectivity index (χ0n) is 13.9. The van der Waals surface area contributed by atoms with Gasteiger partial charge in [0.25, 0.3) is 0 Å². The Hall–Kier alpha value is -2.55. The van der Waals surface area contributed by atoms with Crippen molar-refractivity contribution in [2.75, 3.05) is 5.32 Å². The third-order valence-corrected chi connectivity index (χ3v) is 5.64. The van der Waals surface area contributed by atoms with Gasteiger partial charge in [0.2, 0.25) is 17.7 Å². The van der Waals surface area contributed by atoms with Gasteiger partial charge in [-0.1, -0.05) is 29.8 Å². The molecule has 1 N–H and O–H groups in total. The molecule has 4 rings (SSSR count). The number of nitrogens with one attached hydrogen (secondary N) is 1. The van der Waals surface area contributed by atoms with Gasteiger partial charge in [-0.25, -0.2) is 4.98 Å². The summed E-state index contributed by atoms with van der Waals surface area (Å²) in [6.45, 7) is 0. The number of hydrogen-bond donors (Lipinski definition) is 1. The lowest BCUT2D eigenvalue weighted by Gasteiger charge is -1.99. The van der Waals surface area contributed by atoms with Crippen LogP contribution in [0.2, 0.25) is 4.34 Å². The van der Waals surface area contributed by atoms with E-state index in [9.17, 15) is 4.79 Å². The molecule has 3 aromatic heterocycles. The Morgan fingerprint density at radius 1 is 1.15 bits per heavy atom. The quantitative estimate of drug-likeness (QED) is 0.470. The maximum Gasteiger partial charge on any atom is 0.247 e. The highest BCUT2D eigenvalue weighted by Crippen LogP contribution is 2.32. The van der Waals surface area contributed by atoms with Crippen molar-refractivity contribution in [3.05, 3.63) is 58.1 Å². The molecule has 4 aromatic rings. The number of rotatable bonds is 6. The number of hydrogen-bond acceptors (Lipinski definition) is 7. The van der Waals surface area contributed by atoms with Crippen LogP contribution in [-0.4, -0.2) is 21.1 Å². The van der Waals surface area contributed by atoms with Gasteiger partial charge in [0, 0.05) is 23.8 Å². The van der Waals surface area contributed by atoms with Crippen molar-refractivity contribution < 1.29 is 9.21 Å². The fourth-order valence-corrected chi connectivity index (χ4v) is 4.16. The molecule has 0 fully saturated rings. The van der Waals surface area contributed by atoms with Crippen molar-refractivity contribution in [2.45, 2.75) is 12.8 Å². The molecule has 0 radical (unpaired) electrons. The topological polar surface area (TPSA) is 80.9 Å². The zero-order valence-corrected chi connectivity index (χ0v) is 16.3. The third kappa shape index (κ3) is 4.41. The van der Waals surface area contributed by atoms with Crippen LogP contribution in [0.25, 0.3) is 22.0 Å². The van der Waals surface area contributed by atoms with Gasteiger partial charge in [0.05, 0.1) is 14.9 Å². The lowest BCUT2D eigenvalue weighted by Crippen LogP contribution is -2.12. The average molecular weight is 417 g/mol. The molecule has 3 heterocycles. The minimum Gasteiger partial charge on any atom is -0.421 e.